The molecule has 25 heavy (non-hydrogen) atoms. The van der Waals surface area contributed by atoms with Crippen LogP contribution in [0.5, 0.6) is 0 Å². The monoisotopic (exact) mass is 469 g/mol. The second-order valence-electron chi connectivity index (χ2n) is 7.90. The van der Waals surface area contributed by atoms with Gasteiger partial charge < -0.3 is 20.9 Å². The Morgan fingerprint density at radius 1 is 1.04 bits per heavy atom. The molecule has 0 radical (unpaired) electrons. The first-order chi connectivity index (χ1) is 10.9. The summed E-state index contributed by atoms with van der Waals surface area (Å²) in [6.07, 6.45) is 0. The highest BCUT2D eigenvalue weighted by Gasteiger charge is 2.20. The molecule has 0 aromatic heterocycles. The van der Waals surface area contributed by atoms with Gasteiger partial charge in [-0.2, -0.15) is 0 Å². The number of halogens is 1. The van der Waals surface area contributed by atoms with E-state index < -0.39 is 5.41 Å². The molecule has 0 saturated carbocycles. The lowest BCUT2D eigenvalue weighted by atomic mass is 9.96. The van der Waals surface area contributed by atoms with Crippen LogP contribution < -0.4 is 16.0 Å². The van der Waals surface area contributed by atoms with E-state index >= 15 is 0 Å². The summed E-state index contributed by atoms with van der Waals surface area (Å²) >= 11 is 0. The van der Waals surface area contributed by atoms with Crippen LogP contribution in [0.25, 0.3) is 0 Å². The van der Waals surface area contributed by atoms with Gasteiger partial charge in [0.2, 0.25) is 11.8 Å². The number of nitrogens with zero attached hydrogens (tertiary/aromatic N) is 2. The number of hydrogen-bond acceptors (Lipinski definition) is 3. The third kappa shape index (κ3) is 12.9. The van der Waals surface area contributed by atoms with Gasteiger partial charge >= 0.3 is 0 Å². The maximum absolute atomic E-state index is 12.0. The van der Waals surface area contributed by atoms with E-state index in [1.165, 1.54) is 0 Å². The topological polar surface area (TPSA) is 85.8 Å². The van der Waals surface area contributed by atoms with Crippen molar-refractivity contribution < 1.29 is 9.59 Å². The summed E-state index contributed by atoms with van der Waals surface area (Å²) in [7, 11) is 1.82. The van der Waals surface area contributed by atoms with Gasteiger partial charge in [0.05, 0.1) is 13.1 Å². The molecule has 0 heterocycles. The van der Waals surface area contributed by atoms with E-state index in [0.29, 0.717) is 25.6 Å². The smallest absolute Gasteiger partial charge is 0.240 e. The van der Waals surface area contributed by atoms with Gasteiger partial charge in [-0.1, -0.05) is 20.8 Å². The van der Waals surface area contributed by atoms with E-state index in [9.17, 15) is 9.59 Å². The van der Waals surface area contributed by atoms with Crippen LogP contribution in [0, 0.1) is 5.41 Å². The van der Waals surface area contributed by atoms with Gasteiger partial charge in [-0.3, -0.25) is 14.6 Å². The highest BCUT2D eigenvalue weighted by Crippen LogP contribution is 2.11. The summed E-state index contributed by atoms with van der Waals surface area (Å²) in [4.78, 5) is 30.1. The first-order valence-electron chi connectivity index (χ1n) is 8.45. The number of carbonyl (C=O) groups excluding carboxylic acids is 2. The van der Waals surface area contributed by atoms with Crippen LogP contribution in [0.1, 0.15) is 48.5 Å². The molecule has 0 bridgehead atoms. The van der Waals surface area contributed by atoms with Gasteiger partial charge in [-0.25, -0.2) is 0 Å². The Morgan fingerprint density at radius 2 is 1.60 bits per heavy atom. The van der Waals surface area contributed by atoms with Crippen LogP contribution in [0.15, 0.2) is 4.99 Å². The van der Waals surface area contributed by atoms with E-state index in [1.54, 1.807) is 4.90 Å². The highest BCUT2D eigenvalue weighted by atomic mass is 127. The second kappa shape index (κ2) is 11.5. The minimum absolute atomic E-state index is 0. The minimum Gasteiger partial charge on any atom is -0.357 e. The van der Waals surface area contributed by atoms with Crippen molar-refractivity contribution in [3.05, 3.63) is 0 Å². The normalized spacial score (nSPS) is 12.1. The van der Waals surface area contributed by atoms with Crippen molar-refractivity contribution in [3.63, 3.8) is 0 Å². The minimum atomic E-state index is -0.407. The van der Waals surface area contributed by atoms with Crippen molar-refractivity contribution in [2.75, 3.05) is 33.2 Å². The SMILES string of the molecule is CCNC(=NCCNC(=O)C(C)(C)C)N(C)CC(=O)NC(C)(C)C.I. The lowest BCUT2D eigenvalue weighted by molar-refractivity contribution is -0.128. The first-order valence-corrected chi connectivity index (χ1v) is 8.45. The van der Waals surface area contributed by atoms with Gasteiger partial charge in [0.25, 0.3) is 0 Å². The van der Waals surface area contributed by atoms with Crippen LogP contribution in [0.4, 0.5) is 0 Å². The van der Waals surface area contributed by atoms with E-state index in [4.69, 9.17) is 0 Å². The number of guanidine groups is 1. The van der Waals surface area contributed by atoms with Crippen molar-refractivity contribution >= 4 is 41.8 Å². The largest absolute Gasteiger partial charge is 0.357 e. The summed E-state index contributed by atoms with van der Waals surface area (Å²) in [5, 5.41) is 8.94. The Labute approximate surface area is 169 Å². The number of carbonyl (C=O) groups is 2. The van der Waals surface area contributed by atoms with Gasteiger partial charge in [0.1, 0.15) is 0 Å². The average Bonchev–Trinajstić information content (AvgIpc) is 2.38. The van der Waals surface area contributed by atoms with Crippen LogP contribution >= 0.6 is 24.0 Å². The Morgan fingerprint density at radius 3 is 2.04 bits per heavy atom. The van der Waals surface area contributed by atoms with Gasteiger partial charge in [-0.15, -0.1) is 24.0 Å². The molecule has 2 amide bonds. The van der Waals surface area contributed by atoms with Gasteiger partial charge in [0, 0.05) is 31.1 Å². The summed E-state index contributed by atoms with van der Waals surface area (Å²) in [6.45, 7) is 15.3. The fraction of sp³-hybridized carbons (Fsp3) is 0.824. The molecule has 0 spiro atoms. The second-order valence-corrected chi connectivity index (χ2v) is 7.90. The van der Waals surface area contributed by atoms with Gasteiger partial charge in [0.15, 0.2) is 5.96 Å². The average molecular weight is 469 g/mol. The Hall–Kier alpha value is -1.06. The molecular formula is C17H36IN5O2. The fourth-order valence-electron chi connectivity index (χ4n) is 1.81. The predicted octanol–water partition coefficient (Wildman–Crippen LogP) is 1.58. The molecule has 0 aromatic carbocycles. The Balaban J connectivity index is 0. The zero-order valence-electron chi connectivity index (χ0n) is 16.9. The van der Waals surface area contributed by atoms with E-state index in [0.717, 1.165) is 0 Å². The quantitative estimate of drug-likeness (QED) is 0.239. The molecule has 0 unspecified atom stereocenters. The van der Waals surface area contributed by atoms with Crippen LogP contribution in [-0.4, -0.2) is 61.4 Å². The summed E-state index contributed by atoms with van der Waals surface area (Å²) in [5.41, 5.74) is -0.666. The number of likely N-dealkylation sites (N-methyl/N-ethyl adjacent to an activating group) is 1. The molecule has 0 fully saturated rings. The standard InChI is InChI=1S/C17H35N5O2.HI/c1-9-18-15(20-11-10-19-14(24)16(2,3)4)22(8)12-13(23)21-17(5,6)7;/h9-12H2,1-8H3,(H,18,20)(H,19,24)(H,21,23);1H. The van der Waals surface area contributed by atoms with E-state index in [-0.39, 0.29) is 47.9 Å². The maximum atomic E-state index is 12.0. The van der Waals surface area contributed by atoms with Crippen molar-refractivity contribution in [1.82, 2.24) is 20.9 Å². The first kappa shape index (κ1) is 26.2. The third-order valence-corrected chi connectivity index (χ3v) is 2.93. The van der Waals surface area contributed by atoms with E-state index in [2.05, 4.69) is 20.9 Å². The molecule has 0 atom stereocenters. The molecule has 7 nitrogen and oxygen atoms in total. The number of aliphatic imine (C=N–C) groups is 1. The zero-order chi connectivity index (χ0) is 19.0. The molecule has 8 heteroatoms. The van der Waals surface area contributed by atoms with Crippen LogP contribution in [0.3, 0.4) is 0 Å². The molecule has 0 saturated heterocycles. The Bertz CT molecular complexity index is 453. The number of nitrogens with one attached hydrogen (secondary N) is 3. The fourth-order valence-corrected chi connectivity index (χ4v) is 1.81. The maximum Gasteiger partial charge on any atom is 0.240 e. The van der Waals surface area contributed by atoms with Crippen LogP contribution in [0.2, 0.25) is 0 Å². The summed E-state index contributed by atoms with van der Waals surface area (Å²) in [5.74, 6) is 0.587. The molecular weight excluding hydrogens is 433 g/mol. The van der Waals surface area contributed by atoms with Gasteiger partial charge in [-0.05, 0) is 27.7 Å². The molecule has 0 aromatic rings. The Kier molecular flexibility index (Phi) is 12.1. The predicted molar refractivity (Wildman–Crippen MR) is 114 cm³/mol. The molecule has 0 rings (SSSR count). The number of rotatable bonds is 6. The third-order valence-electron chi connectivity index (χ3n) is 2.93. The molecule has 0 aliphatic carbocycles. The molecule has 0 aliphatic rings. The summed E-state index contributed by atoms with van der Waals surface area (Å²) in [6, 6.07) is 0. The number of hydrogen-bond donors (Lipinski definition) is 3. The van der Waals surface area contributed by atoms with Crippen molar-refractivity contribution in [2.24, 2.45) is 10.4 Å². The van der Waals surface area contributed by atoms with Crippen LogP contribution in [-0.2, 0) is 9.59 Å². The van der Waals surface area contributed by atoms with Crippen molar-refractivity contribution in [2.45, 2.75) is 54.0 Å². The lowest BCUT2D eigenvalue weighted by Gasteiger charge is -2.25. The molecule has 3 N–H and O–H groups in total. The van der Waals surface area contributed by atoms with Crippen molar-refractivity contribution in [1.29, 1.82) is 0 Å². The highest BCUT2D eigenvalue weighted by molar-refractivity contribution is 14.0. The number of amides is 2. The van der Waals surface area contributed by atoms with E-state index in [1.807, 2.05) is 55.5 Å². The van der Waals surface area contributed by atoms with Crippen molar-refractivity contribution in [3.8, 4) is 0 Å². The molecule has 0 aliphatic heterocycles. The summed E-state index contributed by atoms with van der Waals surface area (Å²) < 4.78 is 0. The lowest BCUT2D eigenvalue weighted by Crippen LogP contribution is -2.49. The zero-order valence-corrected chi connectivity index (χ0v) is 19.3. The molecule has 148 valence electrons.